The van der Waals surface area contributed by atoms with Crippen molar-refractivity contribution >= 4 is 38.3 Å². The third-order valence-corrected chi connectivity index (χ3v) is 5.30. The Morgan fingerprint density at radius 1 is 1.17 bits per heavy atom. The minimum atomic E-state index is -0.471. The fraction of sp³-hybridized carbons (Fsp3) is 0.150. The summed E-state index contributed by atoms with van der Waals surface area (Å²) < 4.78 is 2.75. The molecule has 0 saturated heterocycles. The lowest BCUT2D eigenvalue weighted by Crippen LogP contribution is -2.35. The first-order valence-corrected chi connectivity index (χ1v) is 9.83. The van der Waals surface area contributed by atoms with Crippen LogP contribution in [0.2, 0.25) is 0 Å². The Morgan fingerprint density at radius 3 is 2.69 bits per heavy atom. The fourth-order valence-electron chi connectivity index (χ4n) is 2.68. The number of thiazole rings is 1. The Labute approximate surface area is 171 Å². The molecular formula is C20H19N7OS. The SMILES string of the molecule is C/C(=N/NC(=O)[C@@H](C)Nc1nc2ccccc2s1)c1ccc(-n2cncn2)cc1. The summed E-state index contributed by atoms with van der Waals surface area (Å²) in [5.41, 5.74) is 6.03. The lowest BCUT2D eigenvalue weighted by atomic mass is 10.1. The highest BCUT2D eigenvalue weighted by Crippen LogP contribution is 2.25. The van der Waals surface area contributed by atoms with Crippen molar-refractivity contribution in [1.82, 2.24) is 25.2 Å². The predicted octanol–water partition coefficient (Wildman–Crippen LogP) is 3.22. The Bertz CT molecular complexity index is 1120. The summed E-state index contributed by atoms with van der Waals surface area (Å²) in [6.07, 6.45) is 3.12. The second-order valence-corrected chi connectivity index (χ2v) is 7.44. The van der Waals surface area contributed by atoms with Crippen LogP contribution >= 0.6 is 11.3 Å². The Hall–Kier alpha value is -3.59. The first-order chi connectivity index (χ1) is 14.1. The number of aromatic nitrogens is 4. The highest BCUT2D eigenvalue weighted by molar-refractivity contribution is 7.22. The molecule has 8 nitrogen and oxygen atoms in total. The average Bonchev–Trinajstić information content (AvgIpc) is 3.41. The third-order valence-electron chi connectivity index (χ3n) is 4.33. The lowest BCUT2D eigenvalue weighted by molar-refractivity contribution is -0.121. The van der Waals surface area contributed by atoms with Crippen LogP contribution in [0.15, 0.2) is 66.3 Å². The number of rotatable bonds is 6. The summed E-state index contributed by atoms with van der Waals surface area (Å²) in [5.74, 6) is -0.233. The van der Waals surface area contributed by atoms with Gasteiger partial charge in [0.2, 0.25) is 0 Å². The van der Waals surface area contributed by atoms with Crippen LogP contribution < -0.4 is 10.7 Å². The molecule has 0 saturated carbocycles. The zero-order valence-electron chi connectivity index (χ0n) is 15.9. The molecule has 1 atom stereocenters. The van der Waals surface area contributed by atoms with E-state index in [1.807, 2.05) is 55.5 Å². The molecule has 9 heteroatoms. The van der Waals surface area contributed by atoms with Crippen LogP contribution in [-0.2, 0) is 4.79 Å². The second kappa shape index (κ2) is 8.19. The molecule has 0 aliphatic heterocycles. The van der Waals surface area contributed by atoms with E-state index in [0.717, 1.165) is 21.5 Å². The minimum Gasteiger partial charge on any atom is -0.350 e. The molecule has 1 amide bonds. The van der Waals surface area contributed by atoms with E-state index in [0.29, 0.717) is 10.8 Å². The van der Waals surface area contributed by atoms with Crippen molar-refractivity contribution in [2.24, 2.45) is 5.10 Å². The summed E-state index contributed by atoms with van der Waals surface area (Å²) in [6.45, 7) is 3.62. The summed E-state index contributed by atoms with van der Waals surface area (Å²) in [7, 11) is 0. The number of benzene rings is 2. The monoisotopic (exact) mass is 405 g/mol. The van der Waals surface area contributed by atoms with Gasteiger partial charge in [-0.15, -0.1) is 0 Å². The molecule has 2 heterocycles. The Kier molecular flexibility index (Phi) is 5.30. The molecule has 4 aromatic rings. The van der Waals surface area contributed by atoms with Gasteiger partial charge in [0.15, 0.2) is 5.13 Å². The number of hydrazone groups is 1. The summed E-state index contributed by atoms with van der Waals surface area (Å²) in [5, 5.41) is 12.1. The maximum absolute atomic E-state index is 12.4. The van der Waals surface area contributed by atoms with Crippen LogP contribution in [0, 0.1) is 0 Å². The number of hydrogen-bond donors (Lipinski definition) is 2. The molecule has 29 heavy (non-hydrogen) atoms. The summed E-state index contributed by atoms with van der Waals surface area (Å²) >= 11 is 1.51. The van der Waals surface area contributed by atoms with Gasteiger partial charge in [0.05, 0.1) is 21.6 Å². The molecule has 4 rings (SSSR count). The van der Waals surface area contributed by atoms with E-state index < -0.39 is 6.04 Å². The van der Waals surface area contributed by atoms with Gasteiger partial charge in [-0.1, -0.05) is 35.6 Å². The van der Waals surface area contributed by atoms with E-state index in [-0.39, 0.29) is 5.91 Å². The van der Waals surface area contributed by atoms with Crippen molar-refractivity contribution in [1.29, 1.82) is 0 Å². The van der Waals surface area contributed by atoms with E-state index >= 15 is 0 Å². The van der Waals surface area contributed by atoms with Crippen LogP contribution in [-0.4, -0.2) is 37.4 Å². The second-order valence-electron chi connectivity index (χ2n) is 6.41. The van der Waals surface area contributed by atoms with Crippen LogP contribution in [0.1, 0.15) is 19.4 Å². The fourth-order valence-corrected chi connectivity index (χ4v) is 3.63. The van der Waals surface area contributed by atoms with Crippen molar-refractivity contribution in [3.63, 3.8) is 0 Å². The van der Waals surface area contributed by atoms with E-state index in [9.17, 15) is 4.79 Å². The summed E-state index contributed by atoms with van der Waals surface area (Å²) in [4.78, 5) is 20.8. The van der Waals surface area contributed by atoms with Gasteiger partial charge in [-0.2, -0.15) is 10.2 Å². The number of carbonyl (C=O) groups is 1. The number of fused-ring (bicyclic) bond motifs is 1. The summed E-state index contributed by atoms with van der Waals surface area (Å²) in [6, 6.07) is 15.1. The number of carbonyl (C=O) groups excluding carboxylic acids is 1. The van der Waals surface area contributed by atoms with Crippen LogP contribution in [0.25, 0.3) is 15.9 Å². The number of nitrogens with zero attached hydrogens (tertiary/aromatic N) is 5. The molecule has 2 aromatic carbocycles. The number of anilines is 1. The number of amides is 1. The Balaban J connectivity index is 1.37. The molecule has 0 bridgehead atoms. The highest BCUT2D eigenvalue weighted by atomic mass is 32.1. The number of nitrogens with one attached hydrogen (secondary N) is 2. The van der Waals surface area contributed by atoms with Crippen molar-refractivity contribution in [3.05, 3.63) is 66.7 Å². The number of hydrogen-bond acceptors (Lipinski definition) is 7. The molecule has 0 unspecified atom stereocenters. The molecule has 2 aromatic heterocycles. The highest BCUT2D eigenvalue weighted by Gasteiger charge is 2.14. The maximum atomic E-state index is 12.4. The van der Waals surface area contributed by atoms with Crippen LogP contribution in [0.5, 0.6) is 0 Å². The zero-order chi connectivity index (χ0) is 20.2. The Morgan fingerprint density at radius 2 is 1.97 bits per heavy atom. The van der Waals surface area contributed by atoms with Gasteiger partial charge in [0.1, 0.15) is 18.7 Å². The lowest BCUT2D eigenvalue weighted by Gasteiger charge is -2.11. The van der Waals surface area contributed by atoms with Crippen LogP contribution in [0.3, 0.4) is 0 Å². The van der Waals surface area contributed by atoms with Gasteiger partial charge in [0, 0.05) is 0 Å². The van der Waals surface area contributed by atoms with Crippen molar-refractivity contribution in [2.75, 3.05) is 5.32 Å². The minimum absolute atomic E-state index is 0.233. The normalized spacial score (nSPS) is 12.7. The quantitative estimate of drug-likeness (QED) is 0.379. The van der Waals surface area contributed by atoms with E-state index in [2.05, 4.69) is 30.9 Å². The molecule has 0 fully saturated rings. The topological polar surface area (TPSA) is 97.1 Å². The third kappa shape index (κ3) is 4.30. The van der Waals surface area contributed by atoms with E-state index in [1.165, 1.54) is 17.7 Å². The van der Waals surface area contributed by atoms with Gasteiger partial charge in [0.25, 0.3) is 5.91 Å². The zero-order valence-corrected chi connectivity index (χ0v) is 16.7. The largest absolute Gasteiger partial charge is 0.350 e. The molecular weight excluding hydrogens is 386 g/mol. The van der Waals surface area contributed by atoms with Gasteiger partial charge >= 0.3 is 0 Å². The molecule has 0 radical (unpaired) electrons. The maximum Gasteiger partial charge on any atom is 0.262 e. The molecule has 0 aliphatic carbocycles. The van der Waals surface area contributed by atoms with E-state index in [4.69, 9.17) is 0 Å². The average molecular weight is 405 g/mol. The molecule has 0 spiro atoms. The van der Waals surface area contributed by atoms with Gasteiger partial charge in [-0.05, 0) is 43.7 Å². The van der Waals surface area contributed by atoms with Gasteiger partial charge in [-0.25, -0.2) is 20.1 Å². The van der Waals surface area contributed by atoms with Crippen molar-refractivity contribution in [2.45, 2.75) is 19.9 Å². The van der Waals surface area contributed by atoms with E-state index in [1.54, 1.807) is 17.9 Å². The predicted molar refractivity (Wildman–Crippen MR) is 114 cm³/mol. The molecule has 146 valence electrons. The number of para-hydroxylation sites is 1. The van der Waals surface area contributed by atoms with Crippen molar-refractivity contribution in [3.8, 4) is 5.69 Å². The van der Waals surface area contributed by atoms with Gasteiger partial charge < -0.3 is 5.32 Å². The molecule has 0 aliphatic rings. The standard InChI is InChI=1S/C20H19N7OS/c1-13(15-7-9-16(10-8-15)27-12-21-11-22-27)25-26-19(28)14(2)23-20-24-17-5-3-4-6-18(17)29-20/h3-12,14H,1-2H3,(H,23,24)(H,26,28)/b25-13-/t14-/m1/s1. The van der Waals surface area contributed by atoms with Crippen LogP contribution in [0.4, 0.5) is 5.13 Å². The van der Waals surface area contributed by atoms with Crippen molar-refractivity contribution < 1.29 is 4.79 Å². The van der Waals surface area contributed by atoms with Gasteiger partial charge in [-0.3, -0.25) is 4.79 Å². The molecule has 2 N–H and O–H groups in total. The first-order valence-electron chi connectivity index (χ1n) is 9.02. The smallest absolute Gasteiger partial charge is 0.262 e. The first kappa shape index (κ1) is 18.8.